The lowest BCUT2D eigenvalue weighted by atomic mass is 10.3. The number of nitrogens with one attached hydrogen (secondary N) is 1. The van der Waals surface area contributed by atoms with E-state index in [1.807, 2.05) is 0 Å². The number of hydrogen-bond acceptors (Lipinski definition) is 3. The number of benzene rings is 1. The minimum atomic E-state index is -4.95. The van der Waals surface area contributed by atoms with Crippen molar-refractivity contribution in [3.63, 3.8) is 0 Å². The Kier molecular flexibility index (Phi) is 4.21. The van der Waals surface area contributed by atoms with Crippen molar-refractivity contribution in [2.24, 2.45) is 0 Å². The number of nitrogens with zero attached hydrogens (tertiary/aromatic N) is 2. The third-order valence-corrected chi connectivity index (χ3v) is 3.14. The topological polar surface area (TPSA) is 56.1 Å². The van der Waals surface area contributed by atoms with Gasteiger partial charge in [-0.05, 0) is 28.1 Å². The monoisotopic (exact) mass is 363 g/mol. The maximum atomic E-state index is 12.1. The number of ether oxygens (including phenoxy) is 1. The van der Waals surface area contributed by atoms with Crippen molar-refractivity contribution >= 4 is 27.7 Å². The van der Waals surface area contributed by atoms with Crippen LogP contribution in [-0.2, 0) is 4.79 Å². The molecule has 1 aromatic carbocycles. The molecule has 0 saturated carbocycles. The first-order valence-corrected chi connectivity index (χ1v) is 6.38. The minimum absolute atomic E-state index is 0.195. The van der Waals surface area contributed by atoms with E-state index in [1.54, 1.807) is 23.5 Å². The van der Waals surface area contributed by atoms with Gasteiger partial charge in [-0.1, -0.05) is 0 Å². The van der Waals surface area contributed by atoms with Crippen LogP contribution in [-0.4, -0.2) is 29.0 Å². The van der Waals surface area contributed by atoms with Crippen LogP contribution in [0, 0.1) is 0 Å². The van der Waals surface area contributed by atoms with Crippen LogP contribution in [0.25, 0.3) is 5.69 Å². The molecule has 0 fully saturated rings. The maximum absolute atomic E-state index is 12.1. The number of alkyl halides is 3. The van der Waals surface area contributed by atoms with E-state index < -0.39 is 12.1 Å². The molecule has 21 heavy (non-hydrogen) atoms. The van der Waals surface area contributed by atoms with Crippen LogP contribution in [0.1, 0.15) is 0 Å². The molecule has 2 rings (SSSR count). The van der Waals surface area contributed by atoms with Gasteiger partial charge in [0.05, 0.1) is 17.3 Å². The Bertz CT molecular complexity index is 670. The lowest BCUT2D eigenvalue weighted by Crippen LogP contribution is -2.30. The van der Waals surface area contributed by atoms with Gasteiger partial charge in [-0.3, -0.25) is 4.79 Å². The number of aromatic nitrogens is 2. The molecule has 1 amide bonds. The molecule has 0 unspecified atom stereocenters. The summed E-state index contributed by atoms with van der Waals surface area (Å²) in [6, 6.07) is 6.31. The molecular formula is C12H9BrF3N3O2. The van der Waals surface area contributed by atoms with Crippen molar-refractivity contribution in [3.05, 3.63) is 34.9 Å². The zero-order valence-corrected chi connectivity index (χ0v) is 12.2. The van der Waals surface area contributed by atoms with Gasteiger partial charge in [0.15, 0.2) is 5.82 Å². The second-order valence-electron chi connectivity index (χ2n) is 3.92. The van der Waals surface area contributed by atoms with Gasteiger partial charge in [0.25, 0.3) is 0 Å². The van der Waals surface area contributed by atoms with Gasteiger partial charge in [0, 0.05) is 18.3 Å². The lowest BCUT2D eigenvalue weighted by Gasteiger charge is -2.07. The molecule has 1 aromatic heterocycles. The summed E-state index contributed by atoms with van der Waals surface area (Å²) in [5.41, 5.74) is 0.572. The number of halogens is 4. The van der Waals surface area contributed by atoms with E-state index in [-0.39, 0.29) is 5.82 Å². The molecule has 0 atom stereocenters. The van der Waals surface area contributed by atoms with Crippen LogP contribution in [0.2, 0.25) is 0 Å². The first-order chi connectivity index (χ1) is 9.81. The molecule has 9 heteroatoms. The third kappa shape index (κ3) is 3.54. The summed E-state index contributed by atoms with van der Waals surface area (Å²) in [6.45, 7) is 0. The van der Waals surface area contributed by atoms with Crippen LogP contribution in [0.3, 0.4) is 0 Å². The predicted molar refractivity (Wildman–Crippen MR) is 72.5 cm³/mol. The predicted octanol–water partition coefficient (Wildman–Crippen LogP) is 3.14. The number of hydrogen-bond donors (Lipinski definition) is 1. The van der Waals surface area contributed by atoms with E-state index in [9.17, 15) is 18.0 Å². The summed E-state index contributed by atoms with van der Waals surface area (Å²) < 4.78 is 43.6. The van der Waals surface area contributed by atoms with Gasteiger partial charge in [-0.25, -0.2) is 4.68 Å². The van der Waals surface area contributed by atoms with Gasteiger partial charge in [0.2, 0.25) is 0 Å². The third-order valence-electron chi connectivity index (χ3n) is 2.49. The van der Waals surface area contributed by atoms with E-state index in [0.717, 1.165) is 4.47 Å². The highest BCUT2D eigenvalue weighted by Gasteiger charge is 2.39. The smallest absolute Gasteiger partial charge is 0.471 e. The summed E-state index contributed by atoms with van der Waals surface area (Å²) in [5.74, 6) is -1.72. The fourth-order valence-electron chi connectivity index (χ4n) is 1.51. The summed E-state index contributed by atoms with van der Waals surface area (Å²) in [4.78, 5) is 10.8. The standard InChI is InChI=1S/C12H9BrF3N3O2/c1-21-9-6-7(2-3-8(9)13)19-5-4-10(18-19)17-11(20)12(14,15)16/h2-6H,1H3,(H,17,18,20). The number of methoxy groups -OCH3 is 1. The van der Waals surface area contributed by atoms with Gasteiger partial charge < -0.3 is 10.1 Å². The average Bonchev–Trinajstić information content (AvgIpc) is 2.86. The van der Waals surface area contributed by atoms with E-state index in [2.05, 4.69) is 21.0 Å². The molecule has 5 nitrogen and oxygen atoms in total. The highest BCUT2D eigenvalue weighted by Crippen LogP contribution is 2.27. The molecule has 0 bridgehead atoms. The molecule has 0 spiro atoms. The fourth-order valence-corrected chi connectivity index (χ4v) is 1.92. The number of amides is 1. The van der Waals surface area contributed by atoms with Crippen LogP contribution >= 0.6 is 15.9 Å². The molecule has 0 saturated heterocycles. The second kappa shape index (κ2) is 5.76. The fraction of sp³-hybridized carbons (Fsp3) is 0.167. The molecule has 2 aromatic rings. The van der Waals surface area contributed by atoms with E-state index >= 15 is 0 Å². The number of carbonyl (C=O) groups excluding carboxylic acids is 1. The second-order valence-corrected chi connectivity index (χ2v) is 4.77. The van der Waals surface area contributed by atoms with Gasteiger partial charge >= 0.3 is 12.1 Å². The number of carbonyl (C=O) groups is 1. The molecule has 1 N–H and O–H groups in total. The van der Waals surface area contributed by atoms with Crippen LogP contribution < -0.4 is 10.1 Å². The quantitative estimate of drug-likeness (QED) is 0.911. The van der Waals surface area contributed by atoms with E-state index in [0.29, 0.717) is 11.4 Å². The normalized spacial score (nSPS) is 11.3. The molecule has 112 valence electrons. The first kappa shape index (κ1) is 15.4. The van der Waals surface area contributed by atoms with Crippen LogP contribution in [0.4, 0.5) is 19.0 Å². The van der Waals surface area contributed by atoms with Crippen molar-refractivity contribution in [1.82, 2.24) is 9.78 Å². The zero-order chi connectivity index (χ0) is 15.6. The Morgan fingerprint density at radius 2 is 2.10 bits per heavy atom. The van der Waals surface area contributed by atoms with E-state index in [1.165, 1.54) is 24.1 Å². The average molecular weight is 364 g/mol. The van der Waals surface area contributed by atoms with Crippen molar-refractivity contribution < 1.29 is 22.7 Å². The molecule has 1 heterocycles. The van der Waals surface area contributed by atoms with Crippen molar-refractivity contribution in [1.29, 1.82) is 0 Å². The zero-order valence-electron chi connectivity index (χ0n) is 10.6. The Hall–Kier alpha value is -2.03. The van der Waals surface area contributed by atoms with E-state index in [4.69, 9.17) is 4.74 Å². The Balaban J connectivity index is 2.22. The van der Waals surface area contributed by atoms with Crippen molar-refractivity contribution in [3.8, 4) is 11.4 Å². The summed E-state index contributed by atoms with van der Waals surface area (Å²) >= 11 is 3.29. The highest BCUT2D eigenvalue weighted by molar-refractivity contribution is 9.10. The highest BCUT2D eigenvalue weighted by atomic mass is 79.9. The van der Waals surface area contributed by atoms with Crippen molar-refractivity contribution in [2.75, 3.05) is 12.4 Å². The summed E-state index contributed by atoms with van der Waals surface area (Å²) in [6.07, 6.45) is -3.53. The Labute approximate surface area is 125 Å². The summed E-state index contributed by atoms with van der Waals surface area (Å²) in [5, 5.41) is 5.53. The number of rotatable bonds is 3. The molecule has 0 radical (unpaired) electrons. The summed E-state index contributed by atoms with van der Waals surface area (Å²) in [7, 11) is 1.49. The minimum Gasteiger partial charge on any atom is -0.495 e. The maximum Gasteiger partial charge on any atom is 0.471 e. The van der Waals surface area contributed by atoms with Crippen LogP contribution in [0.15, 0.2) is 34.9 Å². The Morgan fingerprint density at radius 3 is 2.71 bits per heavy atom. The molecule has 0 aliphatic heterocycles. The lowest BCUT2D eigenvalue weighted by molar-refractivity contribution is -0.167. The van der Waals surface area contributed by atoms with Crippen LogP contribution in [0.5, 0.6) is 5.75 Å². The van der Waals surface area contributed by atoms with Gasteiger partial charge in [-0.15, -0.1) is 0 Å². The SMILES string of the molecule is COc1cc(-n2ccc(NC(=O)C(F)(F)F)n2)ccc1Br. The first-order valence-electron chi connectivity index (χ1n) is 5.59. The van der Waals surface area contributed by atoms with Gasteiger partial charge in [0.1, 0.15) is 5.75 Å². The molecule has 0 aliphatic carbocycles. The largest absolute Gasteiger partial charge is 0.495 e. The molecular weight excluding hydrogens is 355 g/mol. The molecule has 0 aliphatic rings. The Morgan fingerprint density at radius 1 is 1.38 bits per heavy atom. The van der Waals surface area contributed by atoms with Crippen molar-refractivity contribution in [2.45, 2.75) is 6.18 Å². The number of anilines is 1. The van der Waals surface area contributed by atoms with Gasteiger partial charge in [-0.2, -0.15) is 18.3 Å².